The summed E-state index contributed by atoms with van der Waals surface area (Å²) in [7, 11) is 0. The molecule has 2 aromatic carbocycles. The van der Waals surface area contributed by atoms with Crippen molar-refractivity contribution >= 4 is 11.7 Å². The first-order chi connectivity index (χ1) is 10.1. The molecule has 0 heterocycles. The number of hydrogen-bond donors (Lipinski definition) is 2. The maximum absolute atomic E-state index is 13.0. The van der Waals surface area contributed by atoms with E-state index in [0.29, 0.717) is 13.0 Å². The first-order valence-electron chi connectivity index (χ1n) is 6.92. The van der Waals surface area contributed by atoms with Crippen molar-refractivity contribution in [1.29, 1.82) is 0 Å². The Hall–Kier alpha value is -2.36. The Balaban J connectivity index is 1.85. The van der Waals surface area contributed by atoms with Crippen LogP contribution in [0.5, 0.6) is 0 Å². The van der Waals surface area contributed by atoms with Crippen LogP contribution in [-0.4, -0.2) is 12.6 Å². The maximum atomic E-state index is 13.0. The van der Waals surface area contributed by atoms with Gasteiger partial charge in [0, 0.05) is 12.2 Å². The van der Waals surface area contributed by atoms with E-state index in [9.17, 15) is 9.18 Å². The Kier molecular flexibility index (Phi) is 4.93. The summed E-state index contributed by atoms with van der Waals surface area (Å²) in [6.45, 7) is 4.37. The molecule has 110 valence electrons. The normalized spacial score (nSPS) is 10.2. The first kappa shape index (κ1) is 15.0. The first-order valence-corrected chi connectivity index (χ1v) is 6.92. The Bertz CT molecular complexity index is 620. The van der Waals surface area contributed by atoms with Crippen LogP contribution in [0.4, 0.5) is 14.9 Å². The van der Waals surface area contributed by atoms with Crippen molar-refractivity contribution in [3.8, 4) is 0 Å². The van der Waals surface area contributed by atoms with Crippen LogP contribution in [-0.2, 0) is 6.42 Å². The van der Waals surface area contributed by atoms with E-state index in [1.54, 1.807) is 6.07 Å². The fraction of sp³-hybridized carbons (Fsp3) is 0.235. The van der Waals surface area contributed by atoms with Gasteiger partial charge in [0.1, 0.15) is 5.82 Å². The van der Waals surface area contributed by atoms with Gasteiger partial charge in [-0.15, -0.1) is 0 Å². The van der Waals surface area contributed by atoms with Gasteiger partial charge in [0.25, 0.3) is 0 Å². The third kappa shape index (κ3) is 4.31. The van der Waals surface area contributed by atoms with E-state index < -0.39 is 0 Å². The predicted octanol–water partition coefficient (Wildman–Crippen LogP) is 3.81. The van der Waals surface area contributed by atoms with E-state index in [4.69, 9.17) is 0 Å². The van der Waals surface area contributed by atoms with Crippen molar-refractivity contribution in [2.75, 3.05) is 11.9 Å². The molecule has 0 aliphatic heterocycles. The molecule has 0 unspecified atom stereocenters. The lowest BCUT2D eigenvalue weighted by atomic mass is 10.1. The standard InChI is InChI=1S/C17H19FN2O/c1-12-5-3-6-13(2)16(12)20-17(21)19-10-9-14-7-4-8-15(18)11-14/h3-8,11H,9-10H2,1-2H3,(H2,19,20,21). The maximum Gasteiger partial charge on any atom is 0.319 e. The van der Waals surface area contributed by atoms with E-state index in [1.807, 2.05) is 38.1 Å². The molecule has 0 aromatic heterocycles. The summed E-state index contributed by atoms with van der Waals surface area (Å²) in [6.07, 6.45) is 0.595. The number of hydrogen-bond acceptors (Lipinski definition) is 1. The zero-order valence-corrected chi connectivity index (χ0v) is 12.2. The second kappa shape index (κ2) is 6.88. The lowest BCUT2D eigenvalue weighted by molar-refractivity contribution is 0.252. The average Bonchev–Trinajstić information content (AvgIpc) is 2.43. The van der Waals surface area contributed by atoms with Crippen molar-refractivity contribution in [2.24, 2.45) is 0 Å². The number of urea groups is 1. The zero-order chi connectivity index (χ0) is 15.2. The summed E-state index contributed by atoms with van der Waals surface area (Å²) in [6, 6.07) is 12.0. The van der Waals surface area contributed by atoms with Crippen LogP contribution in [0.2, 0.25) is 0 Å². The molecular formula is C17H19FN2O. The van der Waals surface area contributed by atoms with Crippen LogP contribution in [0, 0.1) is 19.7 Å². The van der Waals surface area contributed by atoms with Crippen LogP contribution in [0.25, 0.3) is 0 Å². The molecule has 0 bridgehead atoms. The van der Waals surface area contributed by atoms with Gasteiger partial charge in [-0.3, -0.25) is 0 Å². The summed E-state index contributed by atoms with van der Waals surface area (Å²) in [5.74, 6) is -0.257. The van der Waals surface area contributed by atoms with Gasteiger partial charge in [0.05, 0.1) is 0 Å². The van der Waals surface area contributed by atoms with Gasteiger partial charge in [0.15, 0.2) is 0 Å². The number of rotatable bonds is 4. The largest absolute Gasteiger partial charge is 0.338 e. The lowest BCUT2D eigenvalue weighted by Gasteiger charge is -2.12. The smallest absolute Gasteiger partial charge is 0.319 e. The zero-order valence-electron chi connectivity index (χ0n) is 12.2. The minimum absolute atomic E-state index is 0.246. The van der Waals surface area contributed by atoms with Crippen molar-refractivity contribution in [1.82, 2.24) is 5.32 Å². The molecule has 0 saturated carbocycles. The second-order valence-corrected chi connectivity index (χ2v) is 5.03. The Morgan fingerprint density at radius 3 is 2.43 bits per heavy atom. The summed E-state index contributed by atoms with van der Waals surface area (Å²) < 4.78 is 13.0. The van der Waals surface area contributed by atoms with Crippen LogP contribution in [0.1, 0.15) is 16.7 Å². The van der Waals surface area contributed by atoms with Gasteiger partial charge in [-0.05, 0) is 49.1 Å². The summed E-state index contributed by atoms with van der Waals surface area (Å²) >= 11 is 0. The molecule has 3 nitrogen and oxygen atoms in total. The molecule has 2 N–H and O–H groups in total. The Labute approximate surface area is 124 Å². The minimum Gasteiger partial charge on any atom is -0.338 e. The highest BCUT2D eigenvalue weighted by molar-refractivity contribution is 5.90. The highest BCUT2D eigenvalue weighted by Gasteiger charge is 2.06. The topological polar surface area (TPSA) is 41.1 Å². The average molecular weight is 286 g/mol. The van der Waals surface area contributed by atoms with Gasteiger partial charge in [-0.2, -0.15) is 0 Å². The fourth-order valence-electron chi connectivity index (χ4n) is 2.18. The molecule has 2 aromatic rings. The molecule has 0 spiro atoms. The number of aryl methyl sites for hydroxylation is 2. The molecule has 21 heavy (non-hydrogen) atoms. The fourth-order valence-corrected chi connectivity index (χ4v) is 2.18. The van der Waals surface area contributed by atoms with E-state index in [2.05, 4.69) is 10.6 Å². The van der Waals surface area contributed by atoms with E-state index in [1.165, 1.54) is 12.1 Å². The highest BCUT2D eigenvalue weighted by atomic mass is 19.1. The number of carbonyl (C=O) groups is 1. The third-order valence-electron chi connectivity index (χ3n) is 3.31. The van der Waals surface area contributed by atoms with Crippen molar-refractivity contribution < 1.29 is 9.18 Å². The van der Waals surface area contributed by atoms with E-state index in [-0.39, 0.29) is 11.8 Å². The third-order valence-corrected chi connectivity index (χ3v) is 3.31. The van der Waals surface area contributed by atoms with Crippen LogP contribution < -0.4 is 10.6 Å². The molecule has 0 radical (unpaired) electrons. The number of halogens is 1. The highest BCUT2D eigenvalue weighted by Crippen LogP contribution is 2.18. The minimum atomic E-state index is -0.257. The molecule has 0 fully saturated rings. The van der Waals surface area contributed by atoms with E-state index in [0.717, 1.165) is 22.4 Å². The van der Waals surface area contributed by atoms with Crippen LogP contribution in [0.15, 0.2) is 42.5 Å². The molecule has 0 aliphatic carbocycles. The molecule has 0 aliphatic rings. The van der Waals surface area contributed by atoms with Crippen LogP contribution >= 0.6 is 0 Å². The number of para-hydroxylation sites is 1. The van der Waals surface area contributed by atoms with Crippen molar-refractivity contribution in [3.63, 3.8) is 0 Å². The van der Waals surface area contributed by atoms with Crippen molar-refractivity contribution in [3.05, 3.63) is 65.0 Å². The summed E-state index contributed by atoms with van der Waals surface area (Å²) in [5.41, 5.74) is 3.74. The Morgan fingerprint density at radius 2 is 1.76 bits per heavy atom. The SMILES string of the molecule is Cc1cccc(C)c1NC(=O)NCCc1cccc(F)c1. The quantitative estimate of drug-likeness (QED) is 0.881. The molecule has 4 heteroatoms. The predicted molar refractivity (Wildman–Crippen MR) is 83.0 cm³/mol. The van der Waals surface area contributed by atoms with Gasteiger partial charge in [0.2, 0.25) is 0 Å². The van der Waals surface area contributed by atoms with E-state index >= 15 is 0 Å². The van der Waals surface area contributed by atoms with Gasteiger partial charge in [-0.1, -0.05) is 30.3 Å². The second-order valence-electron chi connectivity index (χ2n) is 5.03. The van der Waals surface area contributed by atoms with Gasteiger partial charge in [-0.25, -0.2) is 9.18 Å². The van der Waals surface area contributed by atoms with Crippen LogP contribution in [0.3, 0.4) is 0 Å². The molecule has 2 rings (SSSR count). The molecular weight excluding hydrogens is 267 g/mol. The van der Waals surface area contributed by atoms with Crippen molar-refractivity contribution in [2.45, 2.75) is 20.3 Å². The number of benzene rings is 2. The molecule has 0 atom stereocenters. The molecule has 2 amide bonds. The number of anilines is 1. The monoisotopic (exact) mass is 286 g/mol. The number of amides is 2. The van der Waals surface area contributed by atoms with Gasteiger partial charge >= 0.3 is 6.03 Å². The lowest BCUT2D eigenvalue weighted by Crippen LogP contribution is -2.31. The summed E-state index contributed by atoms with van der Waals surface area (Å²) in [5, 5.41) is 5.63. The summed E-state index contributed by atoms with van der Waals surface area (Å²) in [4.78, 5) is 11.9. The number of carbonyl (C=O) groups excluding carboxylic acids is 1. The number of nitrogens with one attached hydrogen (secondary N) is 2. The van der Waals surface area contributed by atoms with Gasteiger partial charge < -0.3 is 10.6 Å². The molecule has 0 saturated heterocycles. The Morgan fingerprint density at radius 1 is 1.10 bits per heavy atom.